The summed E-state index contributed by atoms with van der Waals surface area (Å²) in [5.74, 6) is 1.11. The van der Waals surface area contributed by atoms with E-state index < -0.39 is 17.6 Å². The molecule has 6 heteroatoms. The minimum Gasteiger partial charge on any atom is -0.509 e. The van der Waals surface area contributed by atoms with Gasteiger partial charge in [0.25, 0.3) is 0 Å². The highest BCUT2D eigenvalue weighted by Gasteiger charge is 2.54. The SMILES string of the molecule is O=C1C(=C(O)C23CC4CC(CC(C4)C2)C3)N=N[C@H]1C(=O)c1ccc(Cl)cc1. The van der Waals surface area contributed by atoms with E-state index in [4.69, 9.17) is 11.6 Å². The van der Waals surface area contributed by atoms with Crippen LogP contribution in [-0.2, 0) is 4.79 Å². The first-order chi connectivity index (χ1) is 12.9. The molecule has 4 saturated carbocycles. The predicted molar refractivity (Wildman–Crippen MR) is 99.7 cm³/mol. The van der Waals surface area contributed by atoms with Gasteiger partial charge >= 0.3 is 0 Å². The normalized spacial score (nSPS) is 38.5. The molecule has 5 nitrogen and oxygen atoms in total. The average molecular weight is 385 g/mol. The number of carbonyl (C=O) groups is 2. The van der Waals surface area contributed by atoms with Crippen molar-refractivity contribution in [2.24, 2.45) is 33.4 Å². The summed E-state index contributed by atoms with van der Waals surface area (Å²) in [5.41, 5.74) is 0.0354. The molecule has 27 heavy (non-hydrogen) atoms. The third kappa shape index (κ3) is 2.66. The molecule has 0 amide bonds. The molecule has 0 aromatic heterocycles. The molecule has 0 saturated heterocycles. The lowest BCUT2D eigenvalue weighted by molar-refractivity contribution is -0.115. The van der Waals surface area contributed by atoms with Crippen LogP contribution in [0.1, 0.15) is 48.9 Å². The lowest BCUT2D eigenvalue weighted by Crippen LogP contribution is -2.47. The third-order valence-corrected chi connectivity index (χ3v) is 7.15. The molecule has 1 aliphatic heterocycles. The van der Waals surface area contributed by atoms with Gasteiger partial charge in [0, 0.05) is 16.0 Å². The maximum Gasteiger partial charge on any atom is 0.220 e. The van der Waals surface area contributed by atoms with Gasteiger partial charge < -0.3 is 5.11 Å². The minimum absolute atomic E-state index is 0.00395. The van der Waals surface area contributed by atoms with Gasteiger partial charge in [-0.15, -0.1) is 5.11 Å². The topological polar surface area (TPSA) is 79.1 Å². The second-order valence-corrected chi connectivity index (χ2v) is 9.18. The molecule has 4 aliphatic carbocycles. The first-order valence-corrected chi connectivity index (χ1v) is 10.0. The molecule has 6 rings (SSSR count). The summed E-state index contributed by atoms with van der Waals surface area (Å²) in [5, 5.41) is 19.5. The van der Waals surface area contributed by atoms with E-state index in [0.29, 0.717) is 28.3 Å². The van der Waals surface area contributed by atoms with Gasteiger partial charge in [0.15, 0.2) is 17.5 Å². The Balaban J connectivity index is 1.43. The number of aliphatic hydroxyl groups is 1. The van der Waals surface area contributed by atoms with Gasteiger partial charge in [-0.1, -0.05) is 11.6 Å². The van der Waals surface area contributed by atoms with Crippen LogP contribution in [0.3, 0.4) is 0 Å². The Hall–Kier alpha value is -2.01. The van der Waals surface area contributed by atoms with Gasteiger partial charge in [-0.25, -0.2) is 0 Å². The van der Waals surface area contributed by atoms with Crippen LogP contribution in [0.4, 0.5) is 0 Å². The number of nitrogens with zero attached hydrogens (tertiary/aromatic N) is 2. The number of benzene rings is 1. The van der Waals surface area contributed by atoms with Gasteiger partial charge in [-0.2, -0.15) is 5.11 Å². The Morgan fingerprint density at radius 1 is 1.04 bits per heavy atom. The third-order valence-electron chi connectivity index (χ3n) is 6.90. The number of hydrogen-bond acceptors (Lipinski definition) is 5. The van der Waals surface area contributed by atoms with Gasteiger partial charge in [0.1, 0.15) is 5.76 Å². The first kappa shape index (κ1) is 17.1. The highest BCUT2D eigenvalue weighted by atomic mass is 35.5. The van der Waals surface area contributed by atoms with Gasteiger partial charge in [-0.3, -0.25) is 9.59 Å². The molecule has 4 fully saturated rings. The summed E-state index contributed by atoms with van der Waals surface area (Å²) < 4.78 is 0. The van der Waals surface area contributed by atoms with Crippen LogP contribution in [0, 0.1) is 23.2 Å². The van der Waals surface area contributed by atoms with E-state index in [1.165, 1.54) is 19.3 Å². The fourth-order valence-corrected chi connectivity index (χ4v) is 6.23. The van der Waals surface area contributed by atoms with Crippen LogP contribution in [0.5, 0.6) is 0 Å². The van der Waals surface area contributed by atoms with Crippen molar-refractivity contribution in [2.75, 3.05) is 0 Å². The van der Waals surface area contributed by atoms with E-state index >= 15 is 0 Å². The van der Waals surface area contributed by atoms with Crippen LogP contribution in [0.25, 0.3) is 0 Å². The largest absolute Gasteiger partial charge is 0.509 e. The summed E-state index contributed by atoms with van der Waals surface area (Å²) in [4.78, 5) is 25.5. The zero-order chi connectivity index (χ0) is 18.8. The molecule has 0 unspecified atom stereocenters. The van der Waals surface area contributed by atoms with E-state index in [1.54, 1.807) is 24.3 Å². The Labute approximate surface area is 162 Å². The Kier molecular flexibility index (Phi) is 3.80. The molecule has 0 radical (unpaired) electrons. The fraction of sp³-hybridized carbons (Fsp3) is 0.524. The van der Waals surface area contributed by atoms with Crippen molar-refractivity contribution in [2.45, 2.75) is 44.6 Å². The van der Waals surface area contributed by atoms with Crippen LogP contribution < -0.4 is 0 Å². The van der Waals surface area contributed by atoms with Crippen LogP contribution in [0.15, 0.2) is 46.0 Å². The lowest BCUT2D eigenvalue weighted by Gasteiger charge is -2.56. The van der Waals surface area contributed by atoms with Gasteiger partial charge in [0.05, 0.1) is 0 Å². The number of hydrogen-bond donors (Lipinski definition) is 1. The second kappa shape index (κ2) is 5.99. The number of carbonyl (C=O) groups excluding carboxylic acids is 2. The molecule has 1 aromatic rings. The van der Waals surface area contributed by atoms with E-state index in [2.05, 4.69) is 10.2 Å². The van der Waals surface area contributed by atoms with Crippen molar-refractivity contribution in [3.63, 3.8) is 0 Å². The molecular weight excluding hydrogens is 364 g/mol. The highest BCUT2D eigenvalue weighted by Crippen LogP contribution is 2.62. The first-order valence-electron chi connectivity index (χ1n) is 9.64. The number of aliphatic hydroxyl groups excluding tert-OH is 1. The number of Topliss-reactive ketones (excluding diaryl/α,β-unsaturated/α-hetero) is 2. The second-order valence-electron chi connectivity index (χ2n) is 8.75. The molecule has 1 heterocycles. The quantitative estimate of drug-likeness (QED) is 0.348. The van der Waals surface area contributed by atoms with Gasteiger partial charge in [0.2, 0.25) is 5.78 Å². The minimum atomic E-state index is -1.20. The molecule has 140 valence electrons. The van der Waals surface area contributed by atoms with Crippen molar-refractivity contribution in [1.29, 1.82) is 0 Å². The van der Waals surface area contributed by atoms with E-state index in [1.807, 2.05) is 0 Å². The summed E-state index contributed by atoms with van der Waals surface area (Å²) in [6.07, 6.45) is 6.51. The summed E-state index contributed by atoms with van der Waals surface area (Å²) in [7, 11) is 0. The van der Waals surface area contributed by atoms with Crippen molar-refractivity contribution in [3.8, 4) is 0 Å². The van der Waals surface area contributed by atoms with Crippen molar-refractivity contribution < 1.29 is 14.7 Å². The van der Waals surface area contributed by atoms with Crippen molar-refractivity contribution in [3.05, 3.63) is 46.3 Å². The summed E-state index contributed by atoms with van der Waals surface area (Å²) in [6.45, 7) is 0. The Morgan fingerprint density at radius 2 is 1.59 bits per heavy atom. The molecule has 1 aromatic carbocycles. The number of azo groups is 1. The van der Waals surface area contributed by atoms with Gasteiger partial charge in [-0.05, 0) is 80.5 Å². The van der Waals surface area contributed by atoms with Crippen LogP contribution >= 0.6 is 11.6 Å². The molecule has 0 spiro atoms. The Morgan fingerprint density at radius 3 is 2.15 bits per heavy atom. The van der Waals surface area contributed by atoms with E-state index in [9.17, 15) is 14.7 Å². The van der Waals surface area contributed by atoms with Crippen molar-refractivity contribution >= 4 is 23.2 Å². The molecule has 1 atom stereocenters. The Bertz CT molecular complexity index is 852. The van der Waals surface area contributed by atoms with Crippen LogP contribution in [-0.4, -0.2) is 22.7 Å². The number of allylic oxidation sites excluding steroid dienone is 1. The highest BCUT2D eigenvalue weighted by molar-refractivity contribution is 6.30. The maximum atomic E-state index is 12.9. The molecule has 4 bridgehead atoms. The fourth-order valence-electron chi connectivity index (χ4n) is 6.11. The smallest absolute Gasteiger partial charge is 0.220 e. The average Bonchev–Trinajstić information content (AvgIpc) is 3.01. The molecule has 1 N–H and O–H groups in total. The van der Waals surface area contributed by atoms with E-state index in [-0.39, 0.29) is 16.9 Å². The summed E-state index contributed by atoms with van der Waals surface area (Å²) >= 11 is 5.86. The molecule has 5 aliphatic rings. The zero-order valence-corrected chi connectivity index (χ0v) is 15.7. The predicted octanol–water partition coefficient (Wildman–Crippen LogP) is 4.91. The summed E-state index contributed by atoms with van der Waals surface area (Å²) in [6, 6.07) is 5.17. The monoisotopic (exact) mass is 384 g/mol. The number of rotatable bonds is 3. The number of halogens is 1. The van der Waals surface area contributed by atoms with Crippen molar-refractivity contribution in [1.82, 2.24) is 0 Å². The maximum absolute atomic E-state index is 12.9. The number of ketones is 2. The standard InChI is InChI=1S/C21H21ClN2O3/c22-15-3-1-14(2-4-15)18(25)16-19(26)17(24-23-16)20(27)21-8-11-5-12(9-21)7-13(6-11)10-21/h1-4,11-13,16,27H,5-10H2/t11?,12?,13?,16-,21?/m0/s1. The van der Waals surface area contributed by atoms with E-state index in [0.717, 1.165) is 19.3 Å². The molecular formula is C21H21ClN2O3. The zero-order valence-electron chi connectivity index (χ0n) is 14.9. The van der Waals surface area contributed by atoms with Crippen LogP contribution in [0.2, 0.25) is 5.02 Å². The lowest BCUT2D eigenvalue weighted by atomic mass is 9.49.